The van der Waals surface area contributed by atoms with Crippen molar-refractivity contribution in [3.05, 3.63) is 89.6 Å². The first-order chi connectivity index (χ1) is 18.0. The molecule has 2 heterocycles. The highest BCUT2D eigenvalue weighted by Crippen LogP contribution is 2.26. The molecule has 0 unspecified atom stereocenters. The fourth-order valence-corrected chi connectivity index (χ4v) is 3.82. The lowest BCUT2D eigenvalue weighted by Crippen LogP contribution is -2.20. The summed E-state index contributed by atoms with van der Waals surface area (Å²) in [5.41, 5.74) is 7.79. The minimum Gasteiger partial charge on any atom is -0.375 e. The number of nitrogens with zero attached hydrogens (tertiary/aromatic N) is 5. The van der Waals surface area contributed by atoms with Crippen LogP contribution in [0.1, 0.15) is 56.4 Å². The number of aromatic nitrogens is 3. The first-order valence-corrected chi connectivity index (χ1v) is 13.0. The number of hydrogen-bond acceptors (Lipinski definition) is 5. The normalized spacial score (nSPS) is 9.89. The van der Waals surface area contributed by atoms with E-state index in [1.54, 1.807) is 0 Å². The van der Waals surface area contributed by atoms with Gasteiger partial charge in [-0.05, 0) is 43.5 Å². The molecule has 0 aliphatic rings. The molecule has 0 saturated carbocycles. The summed E-state index contributed by atoms with van der Waals surface area (Å²) in [4.78, 5) is 7.01. The minimum atomic E-state index is 0.654. The van der Waals surface area contributed by atoms with Crippen LogP contribution >= 0.6 is 0 Å². The summed E-state index contributed by atoms with van der Waals surface area (Å²) in [5, 5.41) is 17.0. The molecular weight excluding hydrogens is 456 g/mol. The Kier molecular flexibility index (Phi) is 11.4. The number of hydrogen-bond donors (Lipinski definition) is 1. The summed E-state index contributed by atoms with van der Waals surface area (Å²) in [7, 11) is 2.04. The van der Waals surface area contributed by atoms with Gasteiger partial charge in [-0.3, -0.25) is 0 Å². The van der Waals surface area contributed by atoms with Crippen LogP contribution in [0.4, 0.5) is 5.82 Å². The van der Waals surface area contributed by atoms with E-state index in [0.29, 0.717) is 5.56 Å². The Balaban J connectivity index is 0.00000115. The van der Waals surface area contributed by atoms with Gasteiger partial charge in [0.05, 0.1) is 23.5 Å². The van der Waals surface area contributed by atoms with Gasteiger partial charge in [-0.2, -0.15) is 14.9 Å². The van der Waals surface area contributed by atoms with Gasteiger partial charge in [-0.25, -0.2) is 4.98 Å². The Morgan fingerprint density at radius 1 is 1.03 bits per heavy atom. The molecule has 6 heteroatoms. The zero-order chi connectivity index (χ0) is 27.4. The van der Waals surface area contributed by atoms with Crippen LogP contribution in [-0.2, 0) is 0 Å². The maximum Gasteiger partial charge on any atom is 0.160 e. The molecule has 0 radical (unpaired) electrons. The molecule has 6 nitrogen and oxygen atoms in total. The Hall–Kier alpha value is -4.11. The molecule has 0 aliphatic heterocycles. The van der Waals surface area contributed by atoms with Crippen molar-refractivity contribution in [3.8, 4) is 17.3 Å². The van der Waals surface area contributed by atoms with Crippen LogP contribution in [0.3, 0.4) is 0 Å². The van der Waals surface area contributed by atoms with E-state index in [1.165, 1.54) is 5.56 Å². The van der Waals surface area contributed by atoms with E-state index in [2.05, 4.69) is 53.1 Å². The molecule has 2 aromatic carbocycles. The summed E-state index contributed by atoms with van der Waals surface area (Å²) in [6.07, 6.45) is 2.78. The van der Waals surface area contributed by atoms with E-state index in [9.17, 15) is 0 Å². The summed E-state index contributed by atoms with van der Waals surface area (Å²) in [6, 6.07) is 20.0. The molecule has 0 fully saturated rings. The molecule has 194 valence electrons. The van der Waals surface area contributed by atoms with E-state index in [4.69, 9.17) is 10.2 Å². The monoisotopic (exact) mass is 496 g/mol. The molecule has 0 atom stereocenters. The average Bonchev–Trinajstić information content (AvgIpc) is 3.33. The van der Waals surface area contributed by atoms with Gasteiger partial charge in [-0.1, -0.05) is 70.7 Å². The van der Waals surface area contributed by atoms with Crippen LogP contribution in [0.25, 0.3) is 22.6 Å². The quantitative estimate of drug-likeness (QED) is 0.258. The van der Waals surface area contributed by atoms with Crippen molar-refractivity contribution < 1.29 is 0 Å². The van der Waals surface area contributed by atoms with Crippen LogP contribution in [-0.4, -0.2) is 39.6 Å². The van der Waals surface area contributed by atoms with Crippen LogP contribution in [0.5, 0.6) is 0 Å². The second kappa shape index (κ2) is 14.4. The molecule has 2 aromatic heterocycles. The van der Waals surface area contributed by atoms with Gasteiger partial charge in [0.1, 0.15) is 5.82 Å². The van der Waals surface area contributed by atoms with Crippen LogP contribution < -0.4 is 5.32 Å². The van der Waals surface area contributed by atoms with Crippen molar-refractivity contribution in [2.45, 2.75) is 48.0 Å². The summed E-state index contributed by atoms with van der Waals surface area (Å²) < 4.78 is 1.87. The molecule has 0 amide bonds. The largest absolute Gasteiger partial charge is 0.375 e. The smallest absolute Gasteiger partial charge is 0.160 e. The standard InChI is InChI=1S/C27H28N6.2C2H6/c1-19-8-5-6-9-24(19)25-16-26(33-27(31-25)20(2)18-30-33)29-14-7-15-32(4)21(3)23-12-10-22(17-28)11-13-23;2*1-2/h5-6,8-13,16,18,29H,3,7,14-15H2,1-2,4H3;2*1-2H3. The average molecular weight is 497 g/mol. The molecular formula is C31H40N6. The zero-order valence-electron chi connectivity index (χ0n) is 23.3. The molecule has 0 saturated heterocycles. The predicted molar refractivity (Wildman–Crippen MR) is 157 cm³/mol. The predicted octanol–water partition coefficient (Wildman–Crippen LogP) is 7.34. The van der Waals surface area contributed by atoms with Gasteiger partial charge >= 0.3 is 0 Å². The first-order valence-electron chi connectivity index (χ1n) is 13.0. The molecule has 37 heavy (non-hydrogen) atoms. The fourth-order valence-electron chi connectivity index (χ4n) is 3.82. The lowest BCUT2D eigenvalue weighted by Gasteiger charge is -2.22. The van der Waals surface area contributed by atoms with E-state index in [0.717, 1.165) is 59.1 Å². The number of aryl methyl sites for hydroxylation is 2. The summed E-state index contributed by atoms with van der Waals surface area (Å²) in [5.74, 6) is 0.930. The summed E-state index contributed by atoms with van der Waals surface area (Å²) in [6.45, 7) is 18.0. The Bertz CT molecular complexity index is 1330. The van der Waals surface area contributed by atoms with E-state index in [1.807, 2.05) is 88.8 Å². The van der Waals surface area contributed by atoms with Crippen molar-refractivity contribution in [1.82, 2.24) is 19.5 Å². The minimum absolute atomic E-state index is 0.654. The Morgan fingerprint density at radius 3 is 2.35 bits per heavy atom. The number of nitriles is 1. The third-order valence-corrected chi connectivity index (χ3v) is 5.85. The Morgan fingerprint density at radius 2 is 1.70 bits per heavy atom. The van der Waals surface area contributed by atoms with Gasteiger partial charge in [0.25, 0.3) is 0 Å². The SMILES string of the molecule is C=C(c1ccc(C#N)cc1)N(C)CCCNc1cc(-c2ccccc2C)nc2c(C)cnn12.CC.CC. The Labute approximate surface area is 222 Å². The third-order valence-electron chi connectivity index (χ3n) is 5.85. The number of benzene rings is 2. The van der Waals surface area contributed by atoms with Gasteiger partial charge in [0.2, 0.25) is 0 Å². The lowest BCUT2D eigenvalue weighted by molar-refractivity contribution is 0.473. The maximum absolute atomic E-state index is 8.98. The number of fused-ring (bicyclic) bond motifs is 1. The van der Waals surface area contributed by atoms with Crippen molar-refractivity contribution in [2.75, 3.05) is 25.5 Å². The van der Waals surface area contributed by atoms with E-state index in [-0.39, 0.29) is 0 Å². The van der Waals surface area contributed by atoms with Crippen molar-refractivity contribution in [3.63, 3.8) is 0 Å². The lowest BCUT2D eigenvalue weighted by atomic mass is 10.1. The van der Waals surface area contributed by atoms with Crippen LogP contribution in [0.15, 0.2) is 67.4 Å². The van der Waals surface area contributed by atoms with Gasteiger partial charge in [0, 0.05) is 43.0 Å². The van der Waals surface area contributed by atoms with E-state index < -0.39 is 0 Å². The molecule has 0 aliphatic carbocycles. The molecule has 4 aromatic rings. The zero-order valence-corrected chi connectivity index (χ0v) is 23.3. The number of rotatable bonds is 8. The van der Waals surface area contributed by atoms with Gasteiger partial charge in [0.15, 0.2) is 5.65 Å². The van der Waals surface area contributed by atoms with Gasteiger partial charge in [-0.15, -0.1) is 0 Å². The molecule has 0 bridgehead atoms. The maximum atomic E-state index is 8.98. The van der Waals surface area contributed by atoms with Crippen molar-refractivity contribution in [1.29, 1.82) is 5.26 Å². The second-order valence-corrected chi connectivity index (χ2v) is 8.24. The van der Waals surface area contributed by atoms with Crippen molar-refractivity contribution in [2.24, 2.45) is 0 Å². The summed E-state index contributed by atoms with van der Waals surface area (Å²) >= 11 is 0. The molecule has 0 spiro atoms. The fraction of sp³-hybridized carbons (Fsp3) is 0.323. The number of nitrogens with one attached hydrogen (secondary N) is 1. The topological polar surface area (TPSA) is 69.2 Å². The van der Waals surface area contributed by atoms with Crippen LogP contribution in [0.2, 0.25) is 0 Å². The molecule has 1 N–H and O–H groups in total. The highest BCUT2D eigenvalue weighted by Gasteiger charge is 2.12. The van der Waals surface area contributed by atoms with Crippen molar-refractivity contribution >= 4 is 17.2 Å². The van der Waals surface area contributed by atoms with E-state index >= 15 is 0 Å². The third kappa shape index (κ3) is 7.20. The van der Waals surface area contributed by atoms with Crippen LogP contribution in [0, 0.1) is 25.2 Å². The highest BCUT2D eigenvalue weighted by atomic mass is 15.3. The first kappa shape index (κ1) is 29.1. The van der Waals surface area contributed by atoms with Gasteiger partial charge < -0.3 is 10.2 Å². The second-order valence-electron chi connectivity index (χ2n) is 8.24. The molecule has 4 rings (SSSR count). The highest BCUT2D eigenvalue weighted by molar-refractivity contribution is 5.70. The number of anilines is 1.